The van der Waals surface area contributed by atoms with E-state index in [1.54, 1.807) is 0 Å². The van der Waals surface area contributed by atoms with E-state index in [9.17, 15) is 0 Å². The predicted octanol–water partition coefficient (Wildman–Crippen LogP) is 6.01. The molecule has 2 aromatic carbocycles. The maximum Gasteiger partial charge on any atom is 0.0404 e. The van der Waals surface area contributed by atoms with Crippen LogP contribution in [0.25, 0.3) is 0 Å². The highest BCUT2D eigenvalue weighted by atomic mass is 35.5. The van der Waals surface area contributed by atoms with Gasteiger partial charge in [-0.25, -0.2) is 0 Å². The van der Waals surface area contributed by atoms with Crippen LogP contribution >= 0.6 is 11.6 Å². The molecular formula is C23H30ClN. The monoisotopic (exact) mass is 355 g/mol. The number of benzene rings is 2. The Morgan fingerprint density at radius 1 is 1.00 bits per heavy atom. The zero-order valence-electron chi connectivity index (χ0n) is 15.5. The van der Waals surface area contributed by atoms with Gasteiger partial charge in [-0.3, -0.25) is 4.90 Å². The molecule has 0 heterocycles. The molecule has 2 heteroatoms. The van der Waals surface area contributed by atoms with Crippen molar-refractivity contribution < 1.29 is 0 Å². The summed E-state index contributed by atoms with van der Waals surface area (Å²) in [5.41, 5.74) is 4.26. The quantitative estimate of drug-likeness (QED) is 0.524. The number of aryl methyl sites for hydroxylation is 1. The van der Waals surface area contributed by atoms with Crippen LogP contribution in [0, 0.1) is 0 Å². The van der Waals surface area contributed by atoms with E-state index < -0.39 is 0 Å². The van der Waals surface area contributed by atoms with Crippen LogP contribution in [0.5, 0.6) is 0 Å². The molecule has 0 N–H and O–H groups in total. The van der Waals surface area contributed by atoms with Crippen molar-refractivity contribution in [3.05, 3.63) is 71.3 Å². The number of hydrogen-bond donors (Lipinski definition) is 0. The van der Waals surface area contributed by atoms with Gasteiger partial charge in [0.15, 0.2) is 0 Å². The molecule has 1 saturated carbocycles. The number of rotatable bonds is 8. The van der Waals surface area contributed by atoms with Crippen LogP contribution in [0.1, 0.15) is 55.2 Å². The molecule has 3 unspecified atom stereocenters. The van der Waals surface area contributed by atoms with Crippen LogP contribution in [0.2, 0.25) is 0 Å². The van der Waals surface area contributed by atoms with Crippen LogP contribution in [0.3, 0.4) is 0 Å². The Morgan fingerprint density at radius 2 is 1.72 bits per heavy atom. The largest absolute Gasteiger partial charge is 0.299 e. The van der Waals surface area contributed by atoms with Gasteiger partial charge < -0.3 is 0 Å². The van der Waals surface area contributed by atoms with Crippen LogP contribution in [0.4, 0.5) is 0 Å². The maximum absolute atomic E-state index is 6.31. The smallest absolute Gasteiger partial charge is 0.0404 e. The normalized spacial score (nSPS) is 21.1. The minimum atomic E-state index is 0.349. The second kappa shape index (κ2) is 8.87. The Labute approximate surface area is 158 Å². The summed E-state index contributed by atoms with van der Waals surface area (Å²) in [5, 5.41) is 0.349. The van der Waals surface area contributed by atoms with Gasteiger partial charge in [-0.05, 0) is 55.8 Å². The van der Waals surface area contributed by atoms with E-state index in [1.165, 1.54) is 42.4 Å². The Kier molecular flexibility index (Phi) is 6.56. The fourth-order valence-electron chi connectivity index (χ4n) is 3.84. The highest BCUT2D eigenvalue weighted by Crippen LogP contribution is 2.40. The fraction of sp³-hybridized carbons (Fsp3) is 0.478. The van der Waals surface area contributed by atoms with Crippen molar-refractivity contribution >= 4 is 11.6 Å². The lowest BCUT2D eigenvalue weighted by Gasteiger charge is -2.32. The van der Waals surface area contributed by atoms with Crippen molar-refractivity contribution in [3.8, 4) is 0 Å². The molecule has 0 saturated heterocycles. The van der Waals surface area contributed by atoms with E-state index in [0.29, 0.717) is 17.3 Å². The van der Waals surface area contributed by atoms with Gasteiger partial charge in [0, 0.05) is 23.9 Å². The fourth-order valence-corrected chi connectivity index (χ4v) is 4.23. The van der Waals surface area contributed by atoms with Gasteiger partial charge in [0.1, 0.15) is 0 Å². The Morgan fingerprint density at radius 3 is 2.28 bits per heavy atom. The molecular weight excluding hydrogens is 326 g/mol. The van der Waals surface area contributed by atoms with Crippen LogP contribution in [-0.2, 0) is 13.0 Å². The lowest BCUT2D eigenvalue weighted by molar-refractivity contribution is 0.216. The van der Waals surface area contributed by atoms with Crippen LogP contribution in [0.15, 0.2) is 54.6 Å². The average Bonchev–Trinajstić information content (AvgIpc) is 2.63. The molecule has 1 fully saturated rings. The van der Waals surface area contributed by atoms with E-state index in [2.05, 4.69) is 73.5 Å². The molecule has 0 spiro atoms. The van der Waals surface area contributed by atoms with Gasteiger partial charge in [0.05, 0.1) is 0 Å². The zero-order valence-corrected chi connectivity index (χ0v) is 16.3. The molecule has 134 valence electrons. The Bertz CT molecular complexity index is 637. The minimum Gasteiger partial charge on any atom is -0.299 e. The van der Waals surface area contributed by atoms with E-state index in [0.717, 1.165) is 13.0 Å². The summed E-state index contributed by atoms with van der Waals surface area (Å²) in [6.45, 7) is 3.32. The first kappa shape index (κ1) is 18.5. The third-order valence-electron chi connectivity index (χ3n) is 5.73. The Balaban J connectivity index is 1.52. The molecule has 0 radical (unpaired) electrons. The second-order valence-corrected chi connectivity index (χ2v) is 8.00. The SMILES string of the molecule is CCC(CCc1ccc(C2CCC2Cl)cc1)N(C)Cc1ccccc1. The van der Waals surface area contributed by atoms with E-state index >= 15 is 0 Å². The molecule has 25 heavy (non-hydrogen) atoms. The molecule has 0 bridgehead atoms. The summed E-state index contributed by atoms with van der Waals surface area (Å²) >= 11 is 6.31. The third-order valence-corrected chi connectivity index (χ3v) is 6.26. The predicted molar refractivity (Wildman–Crippen MR) is 108 cm³/mol. The summed E-state index contributed by atoms with van der Waals surface area (Å²) < 4.78 is 0. The van der Waals surface area contributed by atoms with E-state index in [-0.39, 0.29) is 0 Å². The van der Waals surface area contributed by atoms with Crippen molar-refractivity contribution in [2.24, 2.45) is 0 Å². The maximum atomic E-state index is 6.31. The molecule has 3 rings (SSSR count). The lowest BCUT2D eigenvalue weighted by atomic mass is 9.79. The summed E-state index contributed by atoms with van der Waals surface area (Å²) in [6.07, 6.45) is 5.96. The summed E-state index contributed by atoms with van der Waals surface area (Å²) in [5.74, 6) is 0.580. The van der Waals surface area contributed by atoms with Gasteiger partial charge in [-0.1, -0.05) is 61.5 Å². The summed E-state index contributed by atoms with van der Waals surface area (Å²) in [6, 6.07) is 20.6. The Hall–Kier alpha value is -1.31. The van der Waals surface area contributed by atoms with Gasteiger partial charge in [-0.15, -0.1) is 11.6 Å². The van der Waals surface area contributed by atoms with E-state index in [1.807, 2.05) is 0 Å². The van der Waals surface area contributed by atoms with Crippen molar-refractivity contribution in [1.82, 2.24) is 4.90 Å². The minimum absolute atomic E-state index is 0.349. The van der Waals surface area contributed by atoms with Gasteiger partial charge >= 0.3 is 0 Å². The van der Waals surface area contributed by atoms with Gasteiger partial charge in [0.2, 0.25) is 0 Å². The van der Waals surface area contributed by atoms with Crippen molar-refractivity contribution in [2.75, 3.05) is 7.05 Å². The summed E-state index contributed by atoms with van der Waals surface area (Å²) in [4.78, 5) is 2.50. The molecule has 1 aliphatic rings. The number of hydrogen-bond acceptors (Lipinski definition) is 1. The summed E-state index contributed by atoms with van der Waals surface area (Å²) in [7, 11) is 2.25. The van der Waals surface area contributed by atoms with Crippen molar-refractivity contribution in [3.63, 3.8) is 0 Å². The molecule has 1 nitrogen and oxygen atoms in total. The molecule has 2 aromatic rings. The number of nitrogens with zero attached hydrogens (tertiary/aromatic N) is 1. The third kappa shape index (κ3) is 4.86. The van der Waals surface area contributed by atoms with Gasteiger partial charge in [-0.2, -0.15) is 0 Å². The average molecular weight is 356 g/mol. The van der Waals surface area contributed by atoms with Crippen molar-refractivity contribution in [2.45, 2.75) is 62.9 Å². The number of halogens is 1. The van der Waals surface area contributed by atoms with Crippen molar-refractivity contribution in [1.29, 1.82) is 0 Å². The number of alkyl halides is 1. The zero-order chi connectivity index (χ0) is 17.6. The molecule has 0 amide bonds. The first-order valence-electron chi connectivity index (χ1n) is 9.64. The molecule has 0 aliphatic heterocycles. The van der Waals surface area contributed by atoms with E-state index in [4.69, 9.17) is 11.6 Å². The standard InChI is InChI=1S/C23H30ClN/c1-3-21(25(2)17-19-7-5-4-6-8-19)14-11-18-9-12-20(13-10-18)22-15-16-23(22)24/h4-10,12-13,21-23H,3,11,14-17H2,1-2H3. The lowest BCUT2D eigenvalue weighted by Crippen LogP contribution is -2.31. The highest BCUT2D eigenvalue weighted by molar-refractivity contribution is 6.21. The highest BCUT2D eigenvalue weighted by Gasteiger charge is 2.29. The molecule has 3 atom stereocenters. The molecule has 0 aromatic heterocycles. The second-order valence-electron chi connectivity index (χ2n) is 7.44. The van der Waals surface area contributed by atoms with Gasteiger partial charge in [0.25, 0.3) is 0 Å². The van der Waals surface area contributed by atoms with Crippen LogP contribution < -0.4 is 0 Å². The van der Waals surface area contributed by atoms with Crippen LogP contribution in [-0.4, -0.2) is 23.4 Å². The molecule has 1 aliphatic carbocycles. The first-order valence-corrected chi connectivity index (χ1v) is 10.1. The first-order chi connectivity index (χ1) is 12.2. The topological polar surface area (TPSA) is 3.24 Å².